The van der Waals surface area contributed by atoms with Crippen LogP contribution in [0.15, 0.2) is 18.2 Å². The fourth-order valence-corrected chi connectivity index (χ4v) is 1.79. The van der Waals surface area contributed by atoms with Gasteiger partial charge in [0.15, 0.2) is 11.6 Å². The molecule has 0 atom stereocenters. The van der Waals surface area contributed by atoms with E-state index in [4.69, 9.17) is 5.73 Å². The average Bonchev–Trinajstić information content (AvgIpc) is 2.44. The average molecular weight is 294 g/mol. The minimum Gasteiger partial charge on any atom is -0.368 e. The van der Waals surface area contributed by atoms with Gasteiger partial charge in [-0.15, -0.1) is 0 Å². The third kappa shape index (κ3) is 3.53. The molecular formula is C13H16F2N6. The van der Waals surface area contributed by atoms with Gasteiger partial charge in [-0.25, -0.2) is 8.78 Å². The topological polar surface area (TPSA) is 80.0 Å². The van der Waals surface area contributed by atoms with Crippen LogP contribution in [0.3, 0.4) is 0 Å². The van der Waals surface area contributed by atoms with Gasteiger partial charge in [0, 0.05) is 24.8 Å². The summed E-state index contributed by atoms with van der Waals surface area (Å²) in [5, 5.41) is 2.78. The van der Waals surface area contributed by atoms with Gasteiger partial charge in [-0.05, 0) is 26.0 Å². The van der Waals surface area contributed by atoms with E-state index in [-0.39, 0.29) is 11.9 Å². The minimum atomic E-state index is -0.953. The van der Waals surface area contributed by atoms with Crippen molar-refractivity contribution in [2.75, 3.05) is 29.0 Å². The zero-order valence-corrected chi connectivity index (χ0v) is 11.8. The van der Waals surface area contributed by atoms with E-state index in [9.17, 15) is 8.78 Å². The monoisotopic (exact) mass is 294 g/mol. The van der Waals surface area contributed by atoms with Crippen molar-refractivity contribution in [1.82, 2.24) is 15.0 Å². The lowest BCUT2D eigenvalue weighted by molar-refractivity contribution is 0.509. The summed E-state index contributed by atoms with van der Waals surface area (Å²) in [4.78, 5) is 14.1. The largest absolute Gasteiger partial charge is 0.368 e. The molecule has 3 N–H and O–H groups in total. The first kappa shape index (κ1) is 14.9. The van der Waals surface area contributed by atoms with Gasteiger partial charge in [-0.2, -0.15) is 15.0 Å². The van der Waals surface area contributed by atoms with E-state index in [1.807, 2.05) is 18.7 Å². The zero-order chi connectivity index (χ0) is 15.4. The highest BCUT2D eigenvalue weighted by molar-refractivity contribution is 5.55. The summed E-state index contributed by atoms with van der Waals surface area (Å²) >= 11 is 0. The van der Waals surface area contributed by atoms with Crippen LogP contribution in [0.25, 0.3) is 0 Å². The molecule has 8 heteroatoms. The van der Waals surface area contributed by atoms with Crippen molar-refractivity contribution in [3.05, 3.63) is 29.8 Å². The van der Waals surface area contributed by atoms with E-state index in [2.05, 4.69) is 20.3 Å². The Morgan fingerprint density at radius 1 is 1.10 bits per heavy atom. The van der Waals surface area contributed by atoms with E-state index in [1.54, 1.807) is 0 Å². The van der Waals surface area contributed by atoms with E-state index in [0.717, 1.165) is 12.1 Å². The molecule has 0 bridgehead atoms. The molecule has 0 aliphatic heterocycles. The van der Waals surface area contributed by atoms with Crippen LogP contribution in [0, 0.1) is 11.6 Å². The normalized spacial score (nSPS) is 10.5. The molecule has 6 nitrogen and oxygen atoms in total. The Labute approximate surface area is 121 Å². The summed E-state index contributed by atoms with van der Waals surface area (Å²) in [6, 6.07) is 3.43. The standard InChI is InChI=1S/C13H16F2N6/c1-3-21(4-2)13-19-11(16)18-12(20-13)17-8-5-6-9(14)10(15)7-8/h5-7H,3-4H2,1-2H3,(H3,16,17,18,19,20). The third-order valence-electron chi connectivity index (χ3n) is 2.86. The van der Waals surface area contributed by atoms with Crippen LogP contribution in [0.2, 0.25) is 0 Å². The zero-order valence-electron chi connectivity index (χ0n) is 11.8. The van der Waals surface area contributed by atoms with E-state index >= 15 is 0 Å². The molecule has 112 valence electrons. The maximum atomic E-state index is 13.2. The quantitative estimate of drug-likeness (QED) is 0.881. The van der Waals surface area contributed by atoms with Gasteiger partial charge in [0.2, 0.25) is 17.8 Å². The van der Waals surface area contributed by atoms with Crippen LogP contribution in [0.5, 0.6) is 0 Å². The molecule has 1 aromatic heterocycles. The molecule has 1 heterocycles. The van der Waals surface area contributed by atoms with Gasteiger partial charge in [-0.1, -0.05) is 0 Å². The van der Waals surface area contributed by atoms with Crippen molar-refractivity contribution in [1.29, 1.82) is 0 Å². The molecule has 0 fully saturated rings. The second-order valence-electron chi connectivity index (χ2n) is 4.24. The Bertz CT molecular complexity index is 630. The fourth-order valence-electron chi connectivity index (χ4n) is 1.79. The SMILES string of the molecule is CCN(CC)c1nc(N)nc(Nc2ccc(F)c(F)c2)n1. The number of nitrogens with two attached hydrogens (primary N) is 1. The maximum Gasteiger partial charge on any atom is 0.233 e. The van der Waals surface area contributed by atoms with Crippen LogP contribution < -0.4 is 16.0 Å². The number of nitrogens with zero attached hydrogens (tertiary/aromatic N) is 4. The Balaban J connectivity index is 2.29. The smallest absolute Gasteiger partial charge is 0.233 e. The molecular weight excluding hydrogens is 278 g/mol. The molecule has 21 heavy (non-hydrogen) atoms. The number of anilines is 4. The molecule has 0 saturated carbocycles. The predicted octanol–water partition coefficient (Wildman–Crippen LogP) is 2.32. The first-order chi connectivity index (χ1) is 10.0. The van der Waals surface area contributed by atoms with Gasteiger partial charge < -0.3 is 16.0 Å². The van der Waals surface area contributed by atoms with Gasteiger partial charge in [0.1, 0.15) is 0 Å². The van der Waals surface area contributed by atoms with Crippen molar-refractivity contribution in [3.8, 4) is 0 Å². The highest BCUT2D eigenvalue weighted by Crippen LogP contribution is 2.18. The second kappa shape index (κ2) is 6.29. The number of nitrogens with one attached hydrogen (secondary N) is 1. The lowest BCUT2D eigenvalue weighted by atomic mass is 10.3. The minimum absolute atomic E-state index is 0.0528. The Morgan fingerprint density at radius 3 is 2.43 bits per heavy atom. The molecule has 2 rings (SSSR count). The van der Waals surface area contributed by atoms with Gasteiger partial charge in [-0.3, -0.25) is 0 Å². The maximum absolute atomic E-state index is 13.2. The lowest BCUT2D eigenvalue weighted by Gasteiger charge is -2.19. The molecule has 0 spiro atoms. The summed E-state index contributed by atoms with van der Waals surface area (Å²) in [6.45, 7) is 5.35. The molecule has 0 unspecified atom stereocenters. The number of benzene rings is 1. The predicted molar refractivity (Wildman–Crippen MR) is 77.4 cm³/mol. The molecule has 0 radical (unpaired) electrons. The molecule has 2 aromatic rings. The summed E-state index contributed by atoms with van der Waals surface area (Å²) in [5.74, 6) is -1.21. The number of hydrogen-bond donors (Lipinski definition) is 2. The summed E-state index contributed by atoms with van der Waals surface area (Å²) in [7, 11) is 0. The molecule has 0 saturated heterocycles. The number of aromatic nitrogens is 3. The van der Waals surface area contributed by atoms with Crippen LogP contribution in [-0.4, -0.2) is 28.0 Å². The first-order valence-electron chi connectivity index (χ1n) is 6.52. The van der Waals surface area contributed by atoms with Crippen LogP contribution in [0.1, 0.15) is 13.8 Å². The van der Waals surface area contributed by atoms with Crippen molar-refractivity contribution >= 4 is 23.5 Å². The molecule has 0 aliphatic carbocycles. The summed E-state index contributed by atoms with van der Waals surface area (Å²) in [6.07, 6.45) is 0. The first-order valence-corrected chi connectivity index (χ1v) is 6.52. The van der Waals surface area contributed by atoms with Crippen molar-refractivity contribution in [3.63, 3.8) is 0 Å². The Kier molecular flexibility index (Phi) is 4.46. The number of hydrogen-bond acceptors (Lipinski definition) is 6. The highest BCUT2D eigenvalue weighted by Gasteiger charge is 2.10. The fraction of sp³-hybridized carbons (Fsp3) is 0.308. The van der Waals surface area contributed by atoms with E-state index in [0.29, 0.717) is 24.7 Å². The van der Waals surface area contributed by atoms with Crippen LogP contribution >= 0.6 is 0 Å². The Hall–Kier alpha value is -2.51. The molecule has 1 aromatic carbocycles. The van der Waals surface area contributed by atoms with Gasteiger partial charge in [0.05, 0.1) is 0 Å². The molecule has 0 aliphatic rings. The summed E-state index contributed by atoms with van der Waals surface area (Å²) < 4.78 is 26.1. The van der Waals surface area contributed by atoms with Gasteiger partial charge >= 0.3 is 0 Å². The second-order valence-corrected chi connectivity index (χ2v) is 4.24. The number of rotatable bonds is 5. The molecule has 0 amide bonds. The lowest BCUT2D eigenvalue weighted by Crippen LogP contribution is -2.25. The van der Waals surface area contributed by atoms with E-state index < -0.39 is 11.6 Å². The van der Waals surface area contributed by atoms with Crippen LogP contribution in [0.4, 0.5) is 32.3 Å². The Morgan fingerprint density at radius 2 is 1.81 bits per heavy atom. The number of nitrogen functional groups attached to an aromatic ring is 1. The van der Waals surface area contributed by atoms with Crippen molar-refractivity contribution in [2.45, 2.75) is 13.8 Å². The van der Waals surface area contributed by atoms with Crippen LogP contribution in [-0.2, 0) is 0 Å². The van der Waals surface area contributed by atoms with E-state index in [1.165, 1.54) is 6.07 Å². The highest BCUT2D eigenvalue weighted by atomic mass is 19.2. The van der Waals surface area contributed by atoms with Gasteiger partial charge in [0.25, 0.3) is 0 Å². The summed E-state index contributed by atoms with van der Waals surface area (Å²) in [5.41, 5.74) is 5.98. The van der Waals surface area contributed by atoms with Crippen molar-refractivity contribution in [2.24, 2.45) is 0 Å². The number of halogens is 2. The van der Waals surface area contributed by atoms with Crippen molar-refractivity contribution < 1.29 is 8.78 Å². The third-order valence-corrected chi connectivity index (χ3v) is 2.86.